The van der Waals surface area contributed by atoms with Gasteiger partial charge in [0, 0.05) is 15.5 Å². The first kappa shape index (κ1) is 11.4. The summed E-state index contributed by atoms with van der Waals surface area (Å²) in [4.78, 5) is 11.6. The van der Waals surface area contributed by atoms with E-state index in [0.717, 1.165) is 20.9 Å². The van der Waals surface area contributed by atoms with Gasteiger partial charge in [-0.1, -0.05) is 48.5 Å². The van der Waals surface area contributed by atoms with Crippen molar-refractivity contribution in [2.45, 2.75) is 0 Å². The first-order chi connectivity index (χ1) is 9.75. The van der Waals surface area contributed by atoms with E-state index in [9.17, 15) is 9.90 Å². The molecule has 0 bridgehead atoms. The second kappa shape index (κ2) is 4.05. The Morgan fingerprint density at radius 1 is 0.800 bits per heavy atom. The first-order valence-corrected chi connectivity index (χ1v) is 7.13. The van der Waals surface area contributed by atoms with Crippen LogP contribution in [-0.2, 0) is 0 Å². The molecule has 0 unspecified atom stereocenters. The van der Waals surface area contributed by atoms with Gasteiger partial charge in [-0.2, -0.15) is 0 Å². The standard InChI is InChI=1S/C17H10O2S/c18-17(19)15-9-14-12-7-2-1-5-10(12)11-6-3-4-8-13(11)16(14)20-15/h1-9H,(H,18,19). The summed E-state index contributed by atoms with van der Waals surface area (Å²) in [6, 6.07) is 18.1. The van der Waals surface area contributed by atoms with Crippen LogP contribution in [0, 0.1) is 0 Å². The highest BCUT2D eigenvalue weighted by Crippen LogP contribution is 2.39. The van der Waals surface area contributed by atoms with E-state index in [2.05, 4.69) is 24.3 Å². The molecule has 1 heterocycles. The molecule has 0 radical (unpaired) electrons. The maximum absolute atomic E-state index is 11.3. The minimum absolute atomic E-state index is 0.390. The Balaban J connectivity index is 2.35. The second-order valence-corrected chi connectivity index (χ2v) is 5.80. The zero-order valence-corrected chi connectivity index (χ0v) is 11.3. The van der Waals surface area contributed by atoms with Crippen molar-refractivity contribution in [3.8, 4) is 0 Å². The van der Waals surface area contributed by atoms with Gasteiger partial charge in [0.05, 0.1) is 0 Å². The SMILES string of the molecule is O=C(O)c1cc2c3ccccc3c3ccccc3c2s1. The molecule has 4 rings (SSSR count). The number of benzene rings is 3. The molecule has 0 saturated heterocycles. The van der Waals surface area contributed by atoms with Gasteiger partial charge in [-0.3, -0.25) is 0 Å². The van der Waals surface area contributed by atoms with Gasteiger partial charge in [-0.15, -0.1) is 11.3 Å². The molecule has 1 aromatic heterocycles. The number of aromatic carboxylic acids is 1. The van der Waals surface area contributed by atoms with Gasteiger partial charge in [0.15, 0.2) is 0 Å². The van der Waals surface area contributed by atoms with Gasteiger partial charge in [0.25, 0.3) is 0 Å². The van der Waals surface area contributed by atoms with Crippen molar-refractivity contribution >= 4 is 48.9 Å². The number of carbonyl (C=O) groups is 1. The highest BCUT2D eigenvalue weighted by Gasteiger charge is 2.14. The zero-order chi connectivity index (χ0) is 13.7. The topological polar surface area (TPSA) is 37.3 Å². The molecule has 0 fully saturated rings. The number of thiophene rings is 1. The molecule has 2 nitrogen and oxygen atoms in total. The summed E-state index contributed by atoms with van der Waals surface area (Å²) in [6.45, 7) is 0. The third-order valence-electron chi connectivity index (χ3n) is 3.62. The molecule has 0 aliphatic carbocycles. The van der Waals surface area contributed by atoms with Crippen LogP contribution >= 0.6 is 11.3 Å². The third kappa shape index (κ3) is 1.47. The van der Waals surface area contributed by atoms with E-state index in [-0.39, 0.29) is 0 Å². The van der Waals surface area contributed by atoms with E-state index in [1.807, 2.05) is 24.3 Å². The monoisotopic (exact) mass is 278 g/mol. The lowest BCUT2D eigenvalue weighted by molar-refractivity contribution is 0.0702. The summed E-state index contributed by atoms with van der Waals surface area (Å²) in [5.74, 6) is -0.862. The number of fused-ring (bicyclic) bond motifs is 6. The molecule has 0 aliphatic rings. The van der Waals surface area contributed by atoms with Gasteiger partial charge >= 0.3 is 5.97 Å². The Hall–Kier alpha value is -2.39. The molecule has 0 aliphatic heterocycles. The van der Waals surface area contributed by atoms with Crippen LogP contribution in [-0.4, -0.2) is 11.1 Å². The van der Waals surface area contributed by atoms with E-state index < -0.39 is 5.97 Å². The van der Waals surface area contributed by atoms with Crippen LogP contribution in [0.25, 0.3) is 31.6 Å². The van der Waals surface area contributed by atoms with Crippen molar-refractivity contribution in [2.24, 2.45) is 0 Å². The predicted molar refractivity (Wildman–Crippen MR) is 83.8 cm³/mol. The Morgan fingerprint density at radius 2 is 1.30 bits per heavy atom. The van der Waals surface area contributed by atoms with Gasteiger partial charge in [-0.05, 0) is 22.2 Å². The average Bonchev–Trinajstić information content (AvgIpc) is 2.93. The molecule has 0 amide bonds. The summed E-state index contributed by atoms with van der Waals surface area (Å²) in [7, 11) is 0. The van der Waals surface area contributed by atoms with Gasteiger partial charge in [-0.25, -0.2) is 4.79 Å². The van der Waals surface area contributed by atoms with E-state index in [4.69, 9.17) is 0 Å². The number of carboxylic acid groups (broad SMARTS) is 1. The smallest absolute Gasteiger partial charge is 0.345 e. The van der Waals surface area contributed by atoms with Crippen LogP contribution in [0.2, 0.25) is 0 Å². The van der Waals surface area contributed by atoms with Gasteiger partial charge < -0.3 is 5.11 Å². The zero-order valence-electron chi connectivity index (χ0n) is 10.5. The largest absolute Gasteiger partial charge is 0.477 e. The Morgan fingerprint density at radius 3 is 1.90 bits per heavy atom. The average molecular weight is 278 g/mol. The van der Waals surface area contributed by atoms with Crippen molar-refractivity contribution in [1.29, 1.82) is 0 Å². The quantitative estimate of drug-likeness (QED) is 0.502. The summed E-state index contributed by atoms with van der Waals surface area (Å²) in [5.41, 5.74) is 0. The maximum Gasteiger partial charge on any atom is 0.345 e. The fraction of sp³-hybridized carbons (Fsp3) is 0. The van der Waals surface area contributed by atoms with Crippen molar-refractivity contribution in [3.05, 3.63) is 59.5 Å². The minimum Gasteiger partial charge on any atom is -0.477 e. The molecule has 4 aromatic rings. The first-order valence-electron chi connectivity index (χ1n) is 6.32. The number of carboxylic acids is 1. The van der Waals surface area contributed by atoms with E-state index in [1.54, 1.807) is 6.07 Å². The molecular weight excluding hydrogens is 268 g/mol. The van der Waals surface area contributed by atoms with E-state index in [0.29, 0.717) is 4.88 Å². The van der Waals surface area contributed by atoms with Crippen LogP contribution in [0.4, 0.5) is 0 Å². The molecular formula is C17H10O2S. The van der Waals surface area contributed by atoms with Crippen LogP contribution < -0.4 is 0 Å². The van der Waals surface area contributed by atoms with Crippen LogP contribution in [0.15, 0.2) is 54.6 Å². The Bertz CT molecular complexity index is 909. The predicted octanol–water partition coefficient (Wildman–Crippen LogP) is 4.91. The van der Waals surface area contributed by atoms with Crippen LogP contribution in [0.1, 0.15) is 9.67 Å². The lowest BCUT2D eigenvalue weighted by Crippen LogP contribution is -1.89. The number of hydrogen-bond acceptors (Lipinski definition) is 2. The van der Waals surface area contributed by atoms with Crippen molar-refractivity contribution in [3.63, 3.8) is 0 Å². The molecule has 1 N–H and O–H groups in total. The minimum atomic E-state index is -0.862. The summed E-state index contributed by atoms with van der Waals surface area (Å²) in [5, 5.41) is 14.9. The molecule has 0 atom stereocenters. The van der Waals surface area contributed by atoms with Crippen molar-refractivity contribution in [1.82, 2.24) is 0 Å². The normalized spacial score (nSPS) is 11.4. The summed E-state index contributed by atoms with van der Waals surface area (Å²) in [6.07, 6.45) is 0. The highest BCUT2D eigenvalue weighted by atomic mass is 32.1. The highest BCUT2D eigenvalue weighted by molar-refractivity contribution is 7.21. The fourth-order valence-electron chi connectivity index (χ4n) is 2.77. The van der Waals surface area contributed by atoms with Crippen LogP contribution in [0.3, 0.4) is 0 Å². The maximum atomic E-state index is 11.3. The number of rotatable bonds is 1. The third-order valence-corrected chi connectivity index (χ3v) is 4.78. The van der Waals surface area contributed by atoms with Gasteiger partial charge in [0.1, 0.15) is 4.88 Å². The van der Waals surface area contributed by atoms with E-state index >= 15 is 0 Å². The van der Waals surface area contributed by atoms with Crippen LogP contribution in [0.5, 0.6) is 0 Å². The Labute approximate surface area is 118 Å². The summed E-state index contributed by atoms with van der Waals surface area (Å²) >= 11 is 1.35. The lowest BCUT2D eigenvalue weighted by atomic mass is 9.99. The van der Waals surface area contributed by atoms with Crippen molar-refractivity contribution in [2.75, 3.05) is 0 Å². The Kier molecular flexibility index (Phi) is 2.32. The molecule has 20 heavy (non-hydrogen) atoms. The van der Waals surface area contributed by atoms with Crippen molar-refractivity contribution < 1.29 is 9.90 Å². The molecule has 3 heteroatoms. The molecule has 96 valence electrons. The van der Waals surface area contributed by atoms with Gasteiger partial charge in [0.2, 0.25) is 0 Å². The lowest BCUT2D eigenvalue weighted by Gasteiger charge is -2.06. The fourth-order valence-corrected chi connectivity index (χ4v) is 3.82. The number of hydrogen-bond donors (Lipinski definition) is 1. The molecule has 3 aromatic carbocycles. The molecule has 0 spiro atoms. The second-order valence-electron chi connectivity index (χ2n) is 4.75. The molecule has 0 saturated carbocycles. The summed E-state index contributed by atoms with van der Waals surface area (Å²) < 4.78 is 1.05. The van der Waals surface area contributed by atoms with E-state index in [1.165, 1.54) is 22.1 Å².